The third kappa shape index (κ3) is 6.44. The lowest BCUT2D eigenvalue weighted by Gasteiger charge is -2.30. The standard InChI is InChI=1S/C29H28ClF3N4O4S/c1-28(2,3)41-26(39)35-10-4-5-21(35)16-36-25(38)24(42-27(36)40)12-17-6-9-23-19(11-17)14-34-37(23)15-18-7-8-20(30)13-22(18)29(31,32)33/h6-9,11-14,21H,4-5,10,15-16H2,1-3H3/b24-12-/t21-/m0/s1. The molecule has 2 saturated heterocycles. The van der Waals surface area contributed by atoms with Crippen molar-refractivity contribution < 1.29 is 32.3 Å². The van der Waals surface area contributed by atoms with E-state index in [1.165, 1.54) is 23.0 Å². The molecule has 2 fully saturated rings. The summed E-state index contributed by atoms with van der Waals surface area (Å²) in [6.45, 7) is 5.80. The van der Waals surface area contributed by atoms with Crippen molar-refractivity contribution in [1.82, 2.24) is 19.6 Å². The normalized spacial score (nSPS) is 19.0. The maximum absolute atomic E-state index is 13.6. The summed E-state index contributed by atoms with van der Waals surface area (Å²) >= 11 is 6.62. The summed E-state index contributed by atoms with van der Waals surface area (Å²) in [5.41, 5.74) is -0.215. The minimum Gasteiger partial charge on any atom is -0.444 e. The molecule has 0 saturated carbocycles. The number of halogens is 4. The number of carbonyl (C=O) groups is 3. The van der Waals surface area contributed by atoms with Crippen LogP contribution in [0.4, 0.5) is 22.8 Å². The van der Waals surface area contributed by atoms with Gasteiger partial charge in [0, 0.05) is 17.0 Å². The van der Waals surface area contributed by atoms with Crippen LogP contribution in [0.5, 0.6) is 0 Å². The Hall–Kier alpha value is -3.51. The fourth-order valence-corrected chi connectivity index (χ4v) is 6.06. The lowest BCUT2D eigenvalue weighted by Crippen LogP contribution is -2.46. The van der Waals surface area contributed by atoms with E-state index in [-0.39, 0.29) is 34.6 Å². The van der Waals surface area contributed by atoms with Crippen LogP contribution in [0.1, 0.15) is 50.3 Å². The van der Waals surface area contributed by atoms with E-state index in [4.69, 9.17) is 16.3 Å². The minimum atomic E-state index is -4.56. The van der Waals surface area contributed by atoms with Crippen LogP contribution in [-0.4, -0.2) is 61.6 Å². The lowest BCUT2D eigenvalue weighted by molar-refractivity contribution is -0.138. The maximum atomic E-state index is 13.6. The first-order chi connectivity index (χ1) is 19.7. The molecule has 2 aliphatic rings. The molecule has 0 spiro atoms. The summed E-state index contributed by atoms with van der Waals surface area (Å²) in [4.78, 5) is 41.6. The SMILES string of the molecule is CC(C)(C)OC(=O)N1CCC[C@H]1CN1C(=O)S/C(=C\c2ccc3c(cnn3Cc3ccc(Cl)cc3C(F)(F)F)c2)C1=O. The summed E-state index contributed by atoms with van der Waals surface area (Å²) in [5, 5.41) is 4.50. The second kappa shape index (κ2) is 11.3. The second-order valence-corrected chi connectivity index (χ2v) is 12.6. The summed E-state index contributed by atoms with van der Waals surface area (Å²) in [7, 11) is 0. The fraction of sp³-hybridized carbons (Fsp3) is 0.379. The van der Waals surface area contributed by atoms with Crippen LogP contribution >= 0.6 is 23.4 Å². The Bertz CT molecular complexity index is 1600. The number of amides is 3. The molecule has 0 N–H and O–H groups in total. The summed E-state index contributed by atoms with van der Waals surface area (Å²) in [5.74, 6) is -0.445. The number of hydrogen-bond donors (Lipinski definition) is 0. The van der Waals surface area contributed by atoms with Gasteiger partial charge in [0.25, 0.3) is 11.1 Å². The molecule has 5 rings (SSSR count). The molecular weight excluding hydrogens is 593 g/mol. The van der Waals surface area contributed by atoms with E-state index in [9.17, 15) is 27.6 Å². The van der Waals surface area contributed by atoms with Gasteiger partial charge in [-0.25, -0.2) is 4.79 Å². The molecule has 3 heterocycles. The number of alkyl halides is 3. The Morgan fingerprint density at radius 3 is 2.64 bits per heavy atom. The predicted molar refractivity (Wildman–Crippen MR) is 154 cm³/mol. The van der Waals surface area contributed by atoms with Gasteiger partial charge in [-0.1, -0.05) is 23.7 Å². The number of rotatable bonds is 5. The monoisotopic (exact) mass is 620 g/mol. The number of benzene rings is 2. The highest BCUT2D eigenvalue weighted by atomic mass is 35.5. The van der Waals surface area contributed by atoms with Gasteiger partial charge in [-0.3, -0.25) is 19.2 Å². The van der Waals surface area contributed by atoms with Crippen LogP contribution in [0.25, 0.3) is 17.0 Å². The number of imide groups is 1. The smallest absolute Gasteiger partial charge is 0.416 e. The van der Waals surface area contributed by atoms with Crippen molar-refractivity contribution in [2.24, 2.45) is 0 Å². The van der Waals surface area contributed by atoms with Gasteiger partial charge in [-0.15, -0.1) is 0 Å². The number of carbonyl (C=O) groups excluding carboxylic acids is 3. The quantitative estimate of drug-likeness (QED) is 0.281. The molecule has 42 heavy (non-hydrogen) atoms. The van der Waals surface area contributed by atoms with Crippen molar-refractivity contribution in [2.45, 2.75) is 58.0 Å². The van der Waals surface area contributed by atoms with Crippen LogP contribution in [-0.2, 0) is 22.3 Å². The molecule has 3 amide bonds. The molecule has 0 bridgehead atoms. The van der Waals surface area contributed by atoms with Crippen molar-refractivity contribution in [3.8, 4) is 0 Å². The van der Waals surface area contributed by atoms with Crippen molar-refractivity contribution in [3.05, 3.63) is 69.2 Å². The Balaban J connectivity index is 1.31. The summed E-state index contributed by atoms with van der Waals surface area (Å²) in [6.07, 6.45) is -0.492. The average Bonchev–Trinajstić information content (AvgIpc) is 3.58. The molecule has 1 atom stereocenters. The Morgan fingerprint density at radius 1 is 1.17 bits per heavy atom. The molecule has 222 valence electrons. The maximum Gasteiger partial charge on any atom is 0.416 e. The van der Waals surface area contributed by atoms with E-state index in [0.717, 1.165) is 29.1 Å². The second-order valence-electron chi connectivity index (χ2n) is 11.2. The first kappa shape index (κ1) is 30.0. The molecule has 13 heteroatoms. The number of ether oxygens (including phenoxy) is 1. The summed E-state index contributed by atoms with van der Waals surface area (Å²) < 4.78 is 47.6. The predicted octanol–water partition coefficient (Wildman–Crippen LogP) is 7.19. The number of nitrogens with zero attached hydrogens (tertiary/aromatic N) is 4. The average molecular weight is 621 g/mol. The Labute approximate surface area is 249 Å². The van der Waals surface area contributed by atoms with Crippen LogP contribution in [0.15, 0.2) is 47.5 Å². The van der Waals surface area contributed by atoms with Crippen LogP contribution < -0.4 is 0 Å². The Kier molecular flexibility index (Phi) is 8.06. The Morgan fingerprint density at radius 2 is 1.93 bits per heavy atom. The van der Waals surface area contributed by atoms with Crippen molar-refractivity contribution >= 4 is 57.6 Å². The number of fused-ring (bicyclic) bond motifs is 1. The molecule has 0 aliphatic carbocycles. The minimum absolute atomic E-state index is 0.00550. The van der Waals surface area contributed by atoms with Gasteiger partial charge in [0.2, 0.25) is 0 Å². The number of aromatic nitrogens is 2. The van der Waals surface area contributed by atoms with E-state index in [0.29, 0.717) is 29.4 Å². The first-order valence-electron chi connectivity index (χ1n) is 13.3. The largest absolute Gasteiger partial charge is 0.444 e. The van der Waals surface area contributed by atoms with E-state index in [1.807, 2.05) is 0 Å². The fourth-order valence-electron chi connectivity index (χ4n) is 5.04. The van der Waals surface area contributed by atoms with E-state index in [1.54, 1.807) is 49.9 Å². The first-order valence-corrected chi connectivity index (χ1v) is 14.5. The molecule has 0 unspecified atom stereocenters. The van der Waals surface area contributed by atoms with E-state index >= 15 is 0 Å². The lowest BCUT2D eigenvalue weighted by atomic mass is 10.1. The molecule has 0 radical (unpaired) electrons. The van der Waals surface area contributed by atoms with Crippen LogP contribution in [0.3, 0.4) is 0 Å². The highest BCUT2D eigenvalue weighted by Crippen LogP contribution is 2.36. The number of likely N-dealkylation sites (tertiary alicyclic amines) is 1. The topological polar surface area (TPSA) is 84.7 Å². The van der Waals surface area contributed by atoms with Gasteiger partial charge in [-0.2, -0.15) is 18.3 Å². The third-order valence-corrected chi connectivity index (χ3v) is 8.08. The molecule has 3 aromatic rings. The zero-order chi connectivity index (χ0) is 30.4. The van der Waals surface area contributed by atoms with Gasteiger partial charge < -0.3 is 9.64 Å². The summed E-state index contributed by atoms with van der Waals surface area (Å²) in [6, 6.07) is 8.48. The number of thioether (sulfide) groups is 1. The highest BCUT2D eigenvalue weighted by molar-refractivity contribution is 8.18. The van der Waals surface area contributed by atoms with Crippen molar-refractivity contribution in [3.63, 3.8) is 0 Å². The van der Waals surface area contributed by atoms with Gasteiger partial charge in [0.1, 0.15) is 5.60 Å². The molecule has 2 aliphatic heterocycles. The third-order valence-electron chi connectivity index (χ3n) is 6.93. The zero-order valence-corrected chi connectivity index (χ0v) is 24.6. The molecule has 1 aromatic heterocycles. The van der Waals surface area contributed by atoms with E-state index in [2.05, 4.69) is 5.10 Å². The van der Waals surface area contributed by atoms with Crippen LogP contribution in [0, 0.1) is 0 Å². The highest BCUT2D eigenvalue weighted by Gasteiger charge is 2.40. The van der Waals surface area contributed by atoms with Gasteiger partial charge in [-0.05, 0) is 86.8 Å². The van der Waals surface area contributed by atoms with Gasteiger partial charge >= 0.3 is 12.3 Å². The number of hydrogen-bond acceptors (Lipinski definition) is 6. The van der Waals surface area contributed by atoms with Gasteiger partial charge in [0.05, 0.1) is 41.3 Å². The molecule has 8 nitrogen and oxygen atoms in total. The van der Waals surface area contributed by atoms with Crippen molar-refractivity contribution in [1.29, 1.82) is 0 Å². The van der Waals surface area contributed by atoms with Gasteiger partial charge in [0.15, 0.2) is 0 Å². The molecule has 2 aromatic carbocycles. The van der Waals surface area contributed by atoms with Crippen LogP contribution in [0.2, 0.25) is 5.02 Å². The zero-order valence-electron chi connectivity index (χ0n) is 23.1. The molecular formula is C29H28ClF3N4O4S. The van der Waals surface area contributed by atoms with E-state index < -0.39 is 34.6 Å². The van der Waals surface area contributed by atoms with Crippen molar-refractivity contribution in [2.75, 3.05) is 13.1 Å².